The van der Waals surface area contributed by atoms with Crippen LogP contribution in [0.15, 0.2) is 36.4 Å². The molecule has 27 heavy (non-hydrogen) atoms. The first-order valence-electron chi connectivity index (χ1n) is 8.99. The monoisotopic (exact) mass is 367 g/mol. The van der Waals surface area contributed by atoms with Crippen LogP contribution in [0.4, 0.5) is 16.2 Å². The van der Waals surface area contributed by atoms with Gasteiger partial charge in [0.05, 0.1) is 0 Å². The summed E-state index contributed by atoms with van der Waals surface area (Å²) in [7, 11) is 0. The molecular weight excluding hydrogens is 346 g/mol. The van der Waals surface area contributed by atoms with Crippen molar-refractivity contribution in [2.24, 2.45) is 0 Å². The Morgan fingerprint density at radius 2 is 1.74 bits per heavy atom. The fourth-order valence-corrected chi connectivity index (χ4v) is 3.34. The van der Waals surface area contributed by atoms with Crippen LogP contribution in [0, 0.1) is 0 Å². The highest BCUT2D eigenvalue weighted by molar-refractivity contribution is 6.00. The van der Waals surface area contributed by atoms with Gasteiger partial charge in [-0.15, -0.1) is 0 Å². The van der Waals surface area contributed by atoms with E-state index in [4.69, 9.17) is 9.47 Å². The number of nitrogens with zero attached hydrogens (tertiary/aromatic N) is 1. The van der Waals surface area contributed by atoms with Crippen molar-refractivity contribution in [3.8, 4) is 11.5 Å². The molecule has 0 unspecified atom stereocenters. The summed E-state index contributed by atoms with van der Waals surface area (Å²) >= 11 is 0. The number of amides is 3. The SMILES string of the molecule is CCC(=O)N1CCc2ccc(NC(=O)Nc3ccc4c(c3)OCO4)cc2C1. The van der Waals surface area contributed by atoms with Crippen LogP contribution >= 0.6 is 0 Å². The number of ether oxygens (including phenoxy) is 2. The minimum atomic E-state index is -0.342. The maximum absolute atomic E-state index is 12.3. The molecule has 2 aromatic carbocycles. The molecule has 0 fully saturated rings. The molecule has 2 aliphatic heterocycles. The quantitative estimate of drug-likeness (QED) is 0.872. The zero-order chi connectivity index (χ0) is 18.8. The third kappa shape index (κ3) is 3.67. The van der Waals surface area contributed by atoms with E-state index in [1.807, 2.05) is 30.0 Å². The van der Waals surface area contributed by atoms with Crippen molar-refractivity contribution in [3.05, 3.63) is 47.5 Å². The maximum Gasteiger partial charge on any atom is 0.323 e. The highest BCUT2D eigenvalue weighted by Gasteiger charge is 2.20. The molecule has 7 nitrogen and oxygen atoms in total. The average Bonchev–Trinajstić information content (AvgIpc) is 3.14. The Kier molecular flexibility index (Phi) is 4.58. The van der Waals surface area contributed by atoms with E-state index in [1.54, 1.807) is 18.2 Å². The zero-order valence-electron chi connectivity index (χ0n) is 15.1. The molecule has 0 bridgehead atoms. The third-order valence-corrected chi connectivity index (χ3v) is 4.76. The van der Waals surface area contributed by atoms with E-state index < -0.39 is 0 Å². The molecular formula is C20H21N3O4. The maximum atomic E-state index is 12.3. The number of benzene rings is 2. The van der Waals surface area contributed by atoms with Crippen LogP contribution in [0.2, 0.25) is 0 Å². The highest BCUT2D eigenvalue weighted by Crippen LogP contribution is 2.34. The number of fused-ring (bicyclic) bond motifs is 2. The van der Waals surface area contributed by atoms with Crippen molar-refractivity contribution in [3.63, 3.8) is 0 Å². The number of carbonyl (C=O) groups is 2. The number of anilines is 2. The first kappa shape index (κ1) is 17.2. The summed E-state index contributed by atoms with van der Waals surface area (Å²) in [4.78, 5) is 26.1. The molecule has 0 saturated carbocycles. The van der Waals surface area contributed by atoms with Crippen LogP contribution in [0.25, 0.3) is 0 Å². The molecule has 3 amide bonds. The summed E-state index contributed by atoms with van der Waals surface area (Å²) in [6.45, 7) is 3.40. The predicted molar refractivity (Wildman–Crippen MR) is 101 cm³/mol. The van der Waals surface area contributed by atoms with Crippen LogP contribution in [-0.4, -0.2) is 30.2 Å². The number of urea groups is 1. The second-order valence-electron chi connectivity index (χ2n) is 6.55. The first-order chi connectivity index (χ1) is 13.1. The minimum absolute atomic E-state index is 0.152. The summed E-state index contributed by atoms with van der Waals surface area (Å²) in [6, 6.07) is 10.7. The molecule has 2 N–H and O–H groups in total. The van der Waals surface area contributed by atoms with E-state index in [-0.39, 0.29) is 18.7 Å². The first-order valence-corrected chi connectivity index (χ1v) is 8.99. The lowest BCUT2D eigenvalue weighted by atomic mass is 9.99. The van der Waals surface area contributed by atoms with Crippen molar-refractivity contribution in [2.45, 2.75) is 26.3 Å². The highest BCUT2D eigenvalue weighted by atomic mass is 16.7. The molecule has 140 valence electrons. The van der Waals surface area contributed by atoms with E-state index in [0.29, 0.717) is 35.8 Å². The Morgan fingerprint density at radius 3 is 2.56 bits per heavy atom. The smallest absolute Gasteiger partial charge is 0.323 e. The lowest BCUT2D eigenvalue weighted by Crippen LogP contribution is -2.35. The van der Waals surface area contributed by atoms with E-state index in [9.17, 15) is 9.59 Å². The molecule has 7 heteroatoms. The second kappa shape index (κ2) is 7.19. The summed E-state index contributed by atoms with van der Waals surface area (Å²) in [5.74, 6) is 1.43. The molecule has 0 radical (unpaired) electrons. The van der Waals surface area contributed by atoms with Crippen molar-refractivity contribution in [1.29, 1.82) is 0 Å². The molecule has 0 aromatic heterocycles. The van der Waals surface area contributed by atoms with Crippen LogP contribution in [0.3, 0.4) is 0 Å². The van der Waals surface area contributed by atoms with Crippen molar-refractivity contribution in [2.75, 3.05) is 24.0 Å². The Morgan fingerprint density at radius 1 is 1.00 bits per heavy atom. The fraction of sp³-hybridized carbons (Fsp3) is 0.300. The Balaban J connectivity index is 1.42. The van der Waals surface area contributed by atoms with Crippen molar-refractivity contribution >= 4 is 23.3 Å². The van der Waals surface area contributed by atoms with E-state index in [1.165, 1.54) is 5.56 Å². The number of hydrogen-bond donors (Lipinski definition) is 2. The summed E-state index contributed by atoms with van der Waals surface area (Å²) < 4.78 is 10.6. The van der Waals surface area contributed by atoms with Crippen molar-refractivity contribution < 1.29 is 19.1 Å². The topological polar surface area (TPSA) is 79.9 Å². The van der Waals surface area contributed by atoms with E-state index in [0.717, 1.165) is 18.5 Å². The standard InChI is InChI=1S/C20H21N3O4/c1-2-19(24)23-8-7-13-3-4-15(9-14(13)11-23)21-20(25)22-16-5-6-17-18(10-16)27-12-26-17/h3-6,9-10H,2,7-8,11-12H2,1H3,(H2,21,22,25). The van der Waals surface area contributed by atoms with Crippen LogP contribution in [0.5, 0.6) is 11.5 Å². The largest absolute Gasteiger partial charge is 0.454 e. The van der Waals surface area contributed by atoms with Gasteiger partial charge in [-0.3, -0.25) is 4.79 Å². The van der Waals surface area contributed by atoms with Crippen LogP contribution in [-0.2, 0) is 17.8 Å². The van der Waals surface area contributed by atoms with Gasteiger partial charge >= 0.3 is 6.03 Å². The van der Waals surface area contributed by atoms with E-state index >= 15 is 0 Å². The predicted octanol–water partition coefficient (Wildman–Crippen LogP) is 3.35. The molecule has 0 aliphatic carbocycles. The van der Waals surface area contributed by atoms with Gasteiger partial charge in [0.1, 0.15) is 0 Å². The van der Waals surface area contributed by atoms with E-state index in [2.05, 4.69) is 10.6 Å². The molecule has 0 atom stereocenters. The lowest BCUT2D eigenvalue weighted by molar-refractivity contribution is -0.131. The van der Waals surface area contributed by atoms with Gasteiger partial charge in [-0.25, -0.2) is 4.79 Å². The van der Waals surface area contributed by atoms with Gasteiger partial charge < -0.3 is 25.0 Å². The molecule has 4 rings (SSSR count). The van der Waals surface area contributed by atoms with Crippen molar-refractivity contribution in [1.82, 2.24) is 4.90 Å². The number of carbonyl (C=O) groups excluding carboxylic acids is 2. The lowest BCUT2D eigenvalue weighted by Gasteiger charge is -2.29. The number of nitrogens with one attached hydrogen (secondary N) is 2. The molecule has 2 aromatic rings. The Labute approximate surface area is 157 Å². The second-order valence-corrected chi connectivity index (χ2v) is 6.55. The summed E-state index contributed by atoms with van der Waals surface area (Å²) in [5, 5.41) is 5.63. The fourth-order valence-electron chi connectivity index (χ4n) is 3.34. The van der Waals surface area contributed by atoms with Gasteiger partial charge in [0.15, 0.2) is 11.5 Å². The third-order valence-electron chi connectivity index (χ3n) is 4.76. The number of rotatable bonds is 3. The molecule has 2 aliphatic rings. The van der Waals surface area contributed by atoms with Crippen LogP contribution < -0.4 is 20.1 Å². The molecule has 2 heterocycles. The van der Waals surface area contributed by atoms with Gasteiger partial charge in [0.25, 0.3) is 0 Å². The van der Waals surface area contributed by atoms with Crippen LogP contribution in [0.1, 0.15) is 24.5 Å². The zero-order valence-corrected chi connectivity index (χ0v) is 15.1. The summed E-state index contributed by atoms with van der Waals surface area (Å²) in [6.07, 6.45) is 1.34. The Hall–Kier alpha value is -3.22. The minimum Gasteiger partial charge on any atom is -0.454 e. The van der Waals surface area contributed by atoms with Gasteiger partial charge in [0.2, 0.25) is 12.7 Å². The van der Waals surface area contributed by atoms with Gasteiger partial charge in [-0.1, -0.05) is 13.0 Å². The number of hydrogen-bond acceptors (Lipinski definition) is 4. The normalized spacial score (nSPS) is 14.5. The molecule has 0 saturated heterocycles. The average molecular weight is 367 g/mol. The van der Waals surface area contributed by atoms with Gasteiger partial charge in [0, 0.05) is 37.0 Å². The molecule has 0 spiro atoms. The van der Waals surface area contributed by atoms with Gasteiger partial charge in [-0.05, 0) is 41.8 Å². The van der Waals surface area contributed by atoms with Gasteiger partial charge in [-0.2, -0.15) is 0 Å². The Bertz CT molecular complexity index is 897. The summed E-state index contributed by atoms with van der Waals surface area (Å²) in [5.41, 5.74) is 3.60.